The Hall–Kier alpha value is -2.75. The molecular formula is C20H23NO3. The van der Waals surface area contributed by atoms with E-state index in [1.165, 1.54) is 6.08 Å². The number of benzene rings is 2. The minimum Gasteiger partial charge on any atom is -0.496 e. The molecule has 2 aromatic rings. The molecule has 2 aromatic carbocycles. The summed E-state index contributed by atoms with van der Waals surface area (Å²) in [5, 5.41) is 2.95. The Kier molecular flexibility index (Phi) is 6.43. The molecule has 4 heteroatoms. The third kappa shape index (κ3) is 4.88. The SMILES string of the molecule is CCOc1ccc([C@H](C)NC(=O)/C=C/c2ccccc2OC)cc1. The van der Waals surface area contributed by atoms with Crippen molar-refractivity contribution in [3.8, 4) is 11.5 Å². The third-order valence-electron chi connectivity index (χ3n) is 3.60. The molecule has 1 atom stereocenters. The Bertz CT molecular complexity index is 692. The van der Waals surface area contributed by atoms with Crippen LogP contribution < -0.4 is 14.8 Å². The summed E-state index contributed by atoms with van der Waals surface area (Å²) in [4.78, 5) is 12.1. The lowest BCUT2D eigenvalue weighted by molar-refractivity contribution is -0.117. The standard InChI is InChI=1S/C20H23NO3/c1-4-24-18-12-9-16(10-13-18)15(2)21-20(22)14-11-17-7-5-6-8-19(17)23-3/h5-15H,4H2,1-3H3,(H,21,22)/b14-11+/t15-/m0/s1. The summed E-state index contributed by atoms with van der Waals surface area (Å²) < 4.78 is 10.7. The number of carbonyl (C=O) groups is 1. The first-order valence-corrected chi connectivity index (χ1v) is 7.98. The van der Waals surface area contributed by atoms with Crippen LogP contribution in [0, 0.1) is 0 Å². The van der Waals surface area contributed by atoms with Gasteiger partial charge in [0.25, 0.3) is 0 Å². The van der Waals surface area contributed by atoms with E-state index in [2.05, 4.69) is 5.32 Å². The summed E-state index contributed by atoms with van der Waals surface area (Å²) in [6.45, 7) is 4.54. The first-order chi connectivity index (χ1) is 11.6. The fourth-order valence-corrected chi connectivity index (χ4v) is 2.33. The molecule has 0 spiro atoms. The van der Waals surface area contributed by atoms with Crippen molar-refractivity contribution in [1.82, 2.24) is 5.32 Å². The predicted molar refractivity (Wildman–Crippen MR) is 96.2 cm³/mol. The summed E-state index contributed by atoms with van der Waals surface area (Å²) in [5.41, 5.74) is 1.89. The fraction of sp³-hybridized carbons (Fsp3) is 0.250. The van der Waals surface area contributed by atoms with Crippen molar-refractivity contribution in [3.63, 3.8) is 0 Å². The number of nitrogens with one attached hydrogen (secondary N) is 1. The molecule has 0 saturated heterocycles. The summed E-state index contributed by atoms with van der Waals surface area (Å²) in [7, 11) is 1.61. The number of ether oxygens (including phenoxy) is 2. The van der Waals surface area contributed by atoms with Crippen molar-refractivity contribution in [2.75, 3.05) is 13.7 Å². The maximum absolute atomic E-state index is 12.1. The van der Waals surface area contributed by atoms with Crippen molar-refractivity contribution in [2.45, 2.75) is 19.9 Å². The lowest BCUT2D eigenvalue weighted by Gasteiger charge is -2.13. The Morgan fingerprint density at radius 1 is 1.17 bits per heavy atom. The van der Waals surface area contributed by atoms with E-state index >= 15 is 0 Å². The second-order valence-electron chi connectivity index (χ2n) is 5.31. The number of carbonyl (C=O) groups excluding carboxylic acids is 1. The Balaban J connectivity index is 1.97. The molecule has 2 rings (SSSR count). The van der Waals surface area contributed by atoms with E-state index in [1.54, 1.807) is 13.2 Å². The van der Waals surface area contributed by atoms with Crippen LogP contribution >= 0.6 is 0 Å². The number of hydrogen-bond acceptors (Lipinski definition) is 3. The van der Waals surface area contributed by atoms with Crippen LogP contribution in [0.15, 0.2) is 54.6 Å². The van der Waals surface area contributed by atoms with Gasteiger partial charge in [-0.05, 0) is 43.7 Å². The van der Waals surface area contributed by atoms with E-state index in [0.29, 0.717) is 6.61 Å². The van der Waals surface area contributed by atoms with E-state index in [9.17, 15) is 4.79 Å². The minimum absolute atomic E-state index is 0.0875. The van der Waals surface area contributed by atoms with Crippen molar-refractivity contribution < 1.29 is 14.3 Å². The normalized spacial score (nSPS) is 12.0. The van der Waals surface area contributed by atoms with Gasteiger partial charge in [0.1, 0.15) is 11.5 Å². The summed E-state index contributed by atoms with van der Waals surface area (Å²) in [6.07, 6.45) is 3.27. The van der Waals surface area contributed by atoms with Crippen LogP contribution in [-0.2, 0) is 4.79 Å². The maximum atomic E-state index is 12.1. The molecular weight excluding hydrogens is 302 g/mol. The van der Waals surface area contributed by atoms with Crippen LogP contribution in [0.4, 0.5) is 0 Å². The highest BCUT2D eigenvalue weighted by Gasteiger charge is 2.08. The summed E-state index contributed by atoms with van der Waals surface area (Å²) in [6, 6.07) is 15.2. The largest absolute Gasteiger partial charge is 0.496 e. The molecule has 0 bridgehead atoms. The van der Waals surface area contributed by atoms with Gasteiger partial charge in [-0.15, -0.1) is 0 Å². The molecule has 4 nitrogen and oxygen atoms in total. The van der Waals surface area contributed by atoms with Gasteiger partial charge in [0.05, 0.1) is 19.8 Å². The van der Waals surface area contributed by atoms with E-state index in [-0.39, 0.29) is 11.9 Å². The van der Waals surface area contributed by atoms with Crippen LogP contribution in [0.2, 0.25) is 0 Å². The molecule has 1 N–H and O–H groups in total. The van der Waals surface area contributed by atoms with Crippen molar-refractivity contribution >= 4 is 12.0 Å². The smallest absolute Gasteiger partial charge is 0.244 e. The van der Waals surface area contributed by atoms with Crippen LogP contribution in [0.1, 0.15) is 31.0 Å². The second-order valence-corrected chi connectivity index (χ2v) is 5.31. The summed E-state index contributed by atoms with van der Waals surface area (Å²) >= 11 is 0. The molecule has 0 aliphatic carbocycles. The molecule has 24 heavy (non-hydrogen) atoms. The first-order valence-electron chi connectivity index (χ1n) is 7.98. The van der Waals surface area contributed by atoms with Gasteiger partial charge in [0.2, 0.25) is 5.91 Å². The van der Waals surface area contributed by atoms with Gasteiger partial charge in [-0.2, -0.15) is 0 Å². The number of hydrogen-bond donors (Lipinski definition) is 1. The van der Waals surface area contributed by atoms with Crippen LogP contribution in [0.5, 0.6) is 11.5 Å². The number of amides is 1. The Labute approximate surface area is 143 Å². The maximum Gasteiger partial charge on any atom is 0.244 e. The molecule has 0 fully saturated rings. The molecule has 0 aromatic heterocycles. The van der Waals surface area contributed by atoms with Crippen molar-refractivity contribution in [1.29, 1.82) is 0 Å². The number of rotatable bonds is 7. The first kappa shape index (κ1) is 17.6. The Morgan fingerprint density at radius 2 is 1.88 bits per heavy atom. The van der Waals surface area contributed by atoms with Gasteiger partial charge in [-0.3, -0.25) is 4.79 Å². The predicted octanol–water partition coefficient (Wildman–Crippen LogP) is 3.98. The molecule has 0 saturated carbocycles. The summed E-state index contributed by atoms with van der Waals surface area (Å²) in [5.74, 6) is 1.42. The highest BCUT2D eigenvalue weighted by Crippen LogP contribution is 2.19. The molecule has 0 aliphatic rings. The third-order valence-corrected chi connectivity index (χ3v) is 3.60. The highest BCUT2D eigenvalue weighted by molar-refractivity contribution is 5.92. The highest BCUT2D eigenvalue weighted by atomic mass is 16.5. The van der Waals surface area contributed by atoms with Crippen molar-refractivity contribution in [3.05, 3.63) is 65.7 Å². The zero-order valence-corrected chi connectivity index (χ0v) is 14.3. The molecule has 1 amide bonds. The van der Waals surface area contributed by atoms with Gasteiger partial charge in [-0.25, -0.2) is 0 Å². The Morgan fingerprint density at radius 3 is 2.54 bits per heavy atom. The van der Waals surface area contributed by atoms with Crippen LogP contribution in [0.3, 0.4) is 0 Å². The molecule has 0 unspecified atom stereocenters. The van der Waals surface area contributed by atoms with Gasteiger partial charge in [-0.1, -0.05) is 30.3 Å². The number of para-hydroxylation sites is 1. The van der Waals surface area contributed by atoms with Gasteiger partial charge in [0, 0.05) is 11.6 Å². The van der Waals surface area contributed by atoms with E-state index in [1.807, 2.05) is 62.4 Å². The van der Waals surface area contributed by atoms with Crippen LogP contribution in [-0.4, -0.2) is 19.6 Å². The lowest BCUT2D eigenvalue weighted by Crippen LogP contribution is -2.24. The quantitative estimate of drug-likeness (QED) is 0.783. The molecule has 126 valence electrons. The zero-order valence-electron chi connectivity index (χ0n) is 14.3. The molecule has 0 heterocycles. The monoisotopic (exact) mass is 325 g/mol. The topological polar surface area (TPSA) is 47.6 Å². The minimum atomic E-state index is -0.151. The lowest BCUT2D eigenvalue weighted by atomic mass is 10.1. The molecule has 0 aliphatic heterocycles. The van der Waals surface area contributed by atoms with Crippen molar-refractivity contribution in [2.24, 2.45) is 0 Å². The van der Waals surface area contributed by atoms with Gasteiger partial charge in [0.15, 0.2) is 0 Å². The number of methoxy groups -OCH3 is 1. The zero-order chi connectivity index (χ0) is 17.4. The fourth-order valence-electron chi connectivity index (χ4n) is 2.33. The molecule has 0 radical (unpaired) electrons. The van der Waals surface area contributed by atoms with E-state index < -0.39 is 0 Å². The van der Waals surface area contributed by atoms with Gasteiger partial charge < -0.3 is 14.8 Å². The average molecular weight is 325 g/mol. The average Bonchev–Trinajstić information content (AvgIpc) is 2.61. The van der Waals surface area contributed by atoms with E-state index in [4.69, 9.17) is 9.47 Å². The van der Waals surface area contributed by atoms with Crippen LogP contribution in [0.25, 0.3) is 6.08 Å². The van der Waals surface area contributed by atoms with Gasteiger partial charge >= 0.3 is 0 Å². The van der Waals surface area contributed by atoms with E-state index in [0.717, 1.165) is 22.6 Å². The second kappa shape index (κ2) is 8.77.